The molecule has 0 unspecified atom stereocenters. The Morgan fingerprint density at radius 3 is 2.79 bits per heavy atom. The molecule has 0 aliphatic rings. The Kier molecular flexibility index (Phi) is 5.42. The maximum absolute atomic E-state index is 8.82. The van der Waals surface area contributed by atoms with Crippen LogP contribution >= 0.6 is 23.2 Å². The Morgan fingerprint density at radius 2 is 2.00 bits per heavy atom. The first-order chi connectivity index (χ1) is 11.7. The summed E-state index contributed by atoms with van der Waals surface area (Å²) in [4.78, 5) is 4.50. The minimum absolute atomic E-state index is 0.129. The second-order valence-electron chi connectivity index (χ2n) is 5.31. The van der Waals surface area contributed by atoms with Crippen LogP contribution in [0.1, 0.15) is 29.9 Å². The molecule has 3 rings (SSSR count). The Balaban J connectivity index is 1.95. The Bertz CT molecular complexity index is 922. The molecule has 3 nitrogen and oxygen atoms in total. The Hall–Kier alpha value is -1.99. The molecule has 1 heterocycles. The first-order valence-corrected chi connectivity index (χ1v) is 8.35. The van der Waals surface area contributed by atoms with Gasteiger partial charge in [0.25, 0.3) is 0 Å². The van der Waals surface area contributed by atoms with Crippen LogP contribution in [-0.2, 0) is 6.42 Å². The molecule has 1 aromatic heterocycles. The second-order valence-corrected chi connectivity index (χ2v) is 6.15. The van der Waals surface area contributed by atoms with Crippen LogP contribution in [0.4, 0.5) is 0 Å². The van der Waals surface area contributed by atoms with Crippen LogP contribution in [0.5, 0.6) is 0 Å². The van der Waals surface area contributed by atoms with Gasteiger partial charge in [-0.3, -0.25) is 0 Å². The van der Waals surface area contributed by atoms with Crippen molar-refractivity contribution in [1.29, 1.82) is 0 Å². The summed E-state index contributed by atoms with van der Waals surface area (Å²) in [7, 11) is 0. The minimum atomic E-state index is 0.129. The summed E-state index contributed by atoms with van der Waals surface area (Å²) in [6, 6.07) is 11.1. The molecule has 0 saturated carbocycles. The van der Waals surface area contributed by atoms with E-state index in [0.717, 1.165) is 5.56 Å². The summed E-state index contributed by atoms with van der Waals surface area (Å²) in [5.41, 5.74) is 2.95. The quantitative estimate of drug-likeness (QED) is 0.534. The lowest BCUT2D eigenvalue weighted by molar-refractivity contribution is 0.290. The van der Waals surface area contributed by atoms with Crippen LogP contribution in [0, 0.1) is 11.8 Å². The highest BCUT2D eigenvalue weighted by atomic mass is 35.5. The van der Waals surface area contributed by atoms with Gasteiger partial charge in [-0.25, -0.2) is 4.98 Å². The number of halogens is 2. The van der Waals surface area contributed by atoms with Crippen LogP contribution in [0.25, 0.3) is 11.1 Å². The van der Waals surface area contributed by atoms with E-state index in [-0.39, 0.29) is 6.61 Å². The molecule has 0 spiro atoms. The molecule has 2 aromatic carbocycles. The molecule has 0 aliphatic carbocycles. The summed E-state index contributed by atoms with van der Waals surface area (Å²) in [6.45, 7) is 0.129. The second kappa shape index (κ2) is 7.72. The number of nitrogens with zero attached hydrogens (tertiary/aromatic N) is 1. The molecule has 0 fully saturated rings. The maximum Gasteiger partial charge on any atom is 0.200 e. The van der Waals surface area contributed by atoms with E-state index in [1.807, 2.05) is 24.3 Å². The molecule has 0 aliphatic heterocycles. The van der Waals surface area contributed by atoms with Crippen molar-refractivity contribution in [3.63, 3.8) is 0 Å². The topological polar surface area (TPSA) is 46.3 Å². The van der Waals surface area contributed by atoms with Gasteiger partial charge in [0.1, 0.15) is 5.52 Å². The lowest BCUT2D eigenvalue weighted by atomic mass is 10.1. The highest BCUT2D eigenvalue weighted by Crippen LogP contribution is 2.26. The van der Waals surface area contributed by atoms with Crippen molar-refractivity contribution in [3.05, 3.63) is 63.5 Å². The molecule has 0 bridgehead atoms. The van der Waals surface area contributed by atoms with E-state index in [1.54, 1.807) is 12.1 Å². The number of oxazole rings is 1. The fraction of sp³-hybridized carbons (Fsp3) is 0.211. The maximum atomic E-state index is 8.82. The zero-order chi connectivity index (χ0) is 16.9. The molecular formula is C19H15Cl2NO2. The molecule has 5 heteroatoms. The van der Waals surface area contributed by atoms with Crippen molar-refractivity contribution in [2.45, 2.75) is 19.3 Å². The number of fused-ring (bicyclic) bond motifs is 1. The van der Waals surface area contributed by atoms with E-state index in [4.69, 9.17) is 32.7 Å². The van der Waals surface area contributed by atoms with E-state index in [1.165, 1.54) is 0 Å². The standard InChI is InChI=1S/C19H15Cl2NO2/c20-15-10-14(7-2-1-5-9-23)19-17(12-15)22-18(24-19)11-13-6-3-4-8-16(13)21/h3-4,6,8,10,12,23H,1,5,9,11H2. The van der Waals surface area contributed by atoms with Crippen molar-refractivity contribution in [1.82, 2.24) is 4.98 Å². The van der Waals surface area contributed by atoms with Gasteiger partial charge in [-0.15, -0.1) is 0 Å². The summed E-state index contributed by atoms with van der Waals surface area (Å²) < 4.78 is 5.89. The molecule has 0 saturated heterocycles. The summed E-state index contributed by atoms with van der Waals surface area (Å²) in [5.74, 6) is 6.63. The number of hydrogen-bond acceptors (Lipinski definition) is 3. The molecule has 122 valence electrons. The SMILES string of the molecule is OCCCC#Cc1cc(Cl)cc2nc(Cc3ccccc3Cl)oc12. The molecular weight excluding hydrogens is 345 g/mol. The highest BCUT2D eigenvalue weighted by molar-refractivity contribution is 6.31. The van der Waals surface area contributed by atoms with Gasteiger partial charge in [-0.05, 0) is 30.2 Å². The molecule has 0 radical (unpaired) electrons. The van der Waals surface area contributed by atoms with E-state index < -0.39 is 0 Å². The van der Waals surface area contributed by atoms with Crippen molar-refractivity contribution in [3.8, 4) is 11.8 Å². The summed E-state index contributed by atoms with van der Waals surface area (Å²) >= 11 is 12.3. The van der Waals surface area contributed by atoms with Gasteiger partial charge in [0.2, 0.25) is 0 Å². The van der Waals surface area contributed by atoms with Gasteiger partial charge in [0, 0.05) is 23.1 Å². The van der Waals surface area contributed by atoms with Gasteiger partial charge in [-0.2, -0.15) is 0 Å². The van der Waals surface area contributed by atoms with Crippen LogP contribution in [0.3, 0.4) is 0 Å². The van der Waals surface area contributed by atoms with Crippen LogP contribution in [-0.4, -0.2) is 16.7 Å². The van der Waals surface area contributed by atoms with Crippen molar-refractivity contribution < 1.29 is 9.52 Å². The average Bonchev–Trinajstić information content (AvgIpc) is 2.96. The fourth-order valence-electron chi connectivity index (χ4n) is 2.34. The number of unbranched alkanes of at least 4 members (excludes halogenated alkanes) is 1. The van der Waals surface area contributed by atoms with Crippen molar-refractivity contribution in [2.24, 2.45) is 0 Å². The Labute approximate surface area is 150 Å². The van der Waals surface area contributed by atoms with Gasteiger partial charge in [-0.1, -0.05) is 53.2 Å². The zero-order valence-corrected chi connectivity index (χ0v) is 14.4. The monoisotopic (exact) mass is 359 g/mol. The number of benzene rings is 2. The van der Waals surface area contributed by atoms with Gasteiger partial charge in [0.15, 0.2) is 11.5 Å². The molecule has 24 heavy (non-hydrogen) atoms. The third-order valence-corrected chi connectivity index (χ3v) is 4.07. The lowest BCUT2D eigenvalue weighted by Crippen LogP contribution is -1.88. The largest absolute Gasteiger partial charge is 0.439 e. The van der Waals surface area contributed by atoms with E-state index in [9.17, 15) is 0 Å². The summed E-state index contributed by atoms with van der Waals surface area (Å²) in [5, 5.41) is 10.1. The molecule has 3 aromatic rings. The average molecular weight is 360 g/mol. The van der Waals surface area contributed by atoms with Crippen LogP contribution < -0.4 is 0 Å². The number of aromatic nitrogens is 1. The number of aliphatic hydroxyl groups excluding tert-OH is 1. The first kappa shape index (κ1) is 16.9. The fourth-order valence-corrected chi connectivity index (χ4v) is 2.76. The van der Waals surface area contributed by atoms with Crippen molar-refractivity contribution in [2.75, 3.05) is 6.61 Å². The normalized spacial score (nSPS) is 10.6. The van der Waals surface area contributed by atoms with E-state index in [0.29, 0.717) is 51.9 Å². The molecule has 1 N–H and O–H groups in total. The number of aliphatic hydroxyl groups is 1. The number of rotatable bonds is 4. The van der Waals surface area contributed by atoms with Crippen molar-refractivity contribution >= 4 is 34.3 Å². The van der Waals surface area contributed by atoms with Crippen LogP contribution in [0.15, 0.2) is 40.8 Å². The third kappa shape index (κ3) is 3.91. The summed E-state index contributed by atoms with van der Waals surface area (Å²) in [6.07, 6.45) is 1.76. The third-order valence-electron chi connectivity index (χ3n) is 3.48. The van der Waals surface area contributed by atoms with Gasteiger partial charge in [0.05, 0.1) is 12.0 Å². The smallest absolute Gasteiger partial charge is 0.200 e. The predicted molar refractivity (Wildman–Crippen MR) is 96.5 cm³/mol. The zero-order valence-electron chi connectivity index (χ0n) is 12.9. The first-order valence-electron chi connectivity index (χ1n) is 7.59. The lowest BCUT2D eigenvalue weighted by Gasteiger charge is -1.99. The van der Waals surface area contributed by atoms with E-state index in [2.05, 4.69) is 16.8 Å². The predicted octanol–water partition coefficient (Wildman–Crippen LogP) is 4.85. The Morgan fingerprint density at radius 1 is 1.17 bits per heavy atom. The van der Waals surface area contributed by atoms with Crippen LogP contribution in [0.2, 0.25) is 10.0 Å². The van der Waals surface area contributed by atoms with Gasteiger partial charge >= 0.3 is 0 Å². The number of hydrogen-bond donors (Lipinski definition) is 1. The minimum Gasteiger partial charge on any atom is -0.439 e. The molecule has 0 amide bonds. The highest BCUT2D eigenvalue weighted by Gasteiger charge is 2.12. The van der Waals surface area contributed by atoms with E-state index >= 15 is 0 Å². The molecule has 0 atom stereocenters. The van der Waals surface area contributed by atoms with Gasteiger partial charge < -0.3 is 9.52 Å².